The van der Waals surface area contributed by atoms with E-state index in [1.807, 2.05) is 6.92 Å². The molecule has 1 aromatic carbocycles. The zero-order valence-electron chi connectivity index (χ0n) is 7.93. The Morgan fingerprint density at radius 2 is 2.14 bits per heavy atom. The van der Waals surface area contributed by atoms with Gasteiger partial charge in [-0.25, -0.2) is 8.78 Å². The largest absolute Gasteiger partial charge is 0.392 e. The molecule has 1 nitrogen and oxygen atoms in total. The van der Waals surface area contributed by atoms with Gasteiger partial charge in [0.05, 0.1) is 6.61 Å². The van der Waals surface area contributed by atoms with Gasteiger partial charge in [0, 0.05) is 11.6 Å². The highest BCUT2D eigenvalue weighted by Gasteiger charge is 2.01. The van der Waals surface area contributed by atoms with Crippen molar-refractivity contribution in [2.75, 3.05) is 6.61 Å². The van der Waals surface area contributed by atoms with Crippen LogP contribution in [0, 0.1) is 11.6 Å². The number of aliphatic hydroxyl groups is 1. The molecule has 0 aromatic heterocycles. The van der Waals surface area contributed by atoms with E-state index in [4.69, 9.17) is 5.11 Å². The number of halogens is 2. The van der Waals surface area contributed by atoms with E-state index in [1.54, 1.807) is 0 Å². The molecule has 0 spiro atoms. The van der Waals surface area contributed by atoms with E-state index in [0.717, 1.165) is 11.6 Å². The van der Waals surface area contributed by atoms with Gasteiger partial charge in [-0.15, -0.1) is 0 Å². The van der Waals surface area contributed by atoms with Gasteiger partial charge in [0.1, 0.15) is 11.6 Å². The Balaban J connectivity index is 3.02. The van der Waals surface area contributed by atoms with Crippen molar-refractivity contribution in [3.05, 3.63) is 41.0 Å². The highest BCUT2D eigenvalue weighted by Crippen LogP contribution is 2.14. The maximum absolute atomic E-state index is 13.1. The topological polar surface area (TPSA) is 20.2 Å². The van der Waals surface area contributed by atoms with E-state index in [1.165, 1.54) is 18.2 Å². The summed E-state index contributed by atoms with van der Waals surface area (Å²) in [6, 6.07) is 3.38. The molecule has 1 N–H and O–H groups in total. The van der Waals surface area contributed by atoms with Crippen molar-refractivity contribution in [1.29, 1.82) is 0 Å². The molecule has 0 fully saturated rings. The van der Waals surface area contributed by atoms with Gasteiger partial charge in [0.15, 0.2) is 0 Å². The molecule has 0 heterocycles. The van der Waals surface area contributed by atoms with Gasteiger partial charge >= 0.3 is 0 Å². The van der Waals surface area contributed by atoms with Crippen LogP contribution < -0.4 is 0 Å². The molecule has 0 aliphatic heterocycles. The first-order valence-electron chi connectivity index (χ1n) is 4.42. The fourth-order valence-corrected chi connectivity index (χ4v) is 1.10. The summed E-state index contributed by atoms with van der Waals surface area (Å²) in [5.41, 5.74) is 1.02. The van der Waals surface area contributed by atoms with E-state index in [9.17, 15) is 8.78 Å². The lowest BCUT2D eigenvalue weighted by Gasteiger charge is -2.01. The van der Waals surface area contributed by atoms with Crippen LogP contribution in [0.4, 0.5) is 8.78 Å². The second-order valence-electron chi connectivity index (χ2n) is 2.98. The van der Waals surface area contributed by atoms with Crippen LogP contribution in [0.15, 0.2) is 23.8 Å². The highest BCUT2D eigenvalue weighted by atomic mass is 19.1. The molecular weight excluding hydrogens is 186 g/mol. The van der Waals surface area contributed by atoms with Crippen LogP contribution in [0.1, 0.15) is 18.9 Å². The average Bonchev–Trinajstić information content (AvgIpc) is 2.17. The van der Waals surface area contributed by atoms with Crippen molar-refractivity contribution in [1.82, 2.24) is 0 Å². The smallest absolute Gasteiger partial charge is 0.133 e. The average molecular weight is 198 g/mol. The Morgan fingerprint density at radius 1 is 1.43 bits per heavy atom. The lowest BCUT2D eigenvalue weighted by Crippen LogP contribution is -1.90. The first kappa shape index (κ1) is 10.9. The number of hydrogen-bond donors (Lipinski definition) is 1. The fourth-order valence-electron chi connectivity index (χ4n) is 1.10. The molecule has 0 saturated heterocycles. The molecule has 0 aliphatic rings. The summed E-state index contributed by atoms with van der Waals surface area (Å²) in [6.45, 7) is 1.76. The van der Waals surface area contributed by atoms with Crippen LogP contribution >= 0.6 is 0 Å². The quantitative estimate of drug-likeness (QED) is 0.791. The molecule has 0 saturated carbocycles. The Labute approximate surface area is 81.7 Å². The molecule has 0 aliphatic carbocycles. The minimum Gasteiger partial charge on any atom is -0.392 e. The van der Waals surface area contributed by atoms with E-state index >= 15 is 0 Å². The number of hydrogen-bond acceptors (Lipinski definition) is 1. The first-order chi connectivity index (χ1) is 6.67. The van der Waals surface area contributed by atoms with Gasteiger partial charge < -0.3 is 5.11 Å². The lowest BCUT2D eigenvalue weighted by molar-refractivity contribution is 0.329. The second-order valence-corrected chi connectivity index (χ2v) is 2.98. The molecule has 0 atom stereocenters. The normalized spacial score (nSPS) is 11.9. The van der Waals surface area contributed by atoms with Gasteiger partial charge in [-0.1, -0.05) is 13.0 Å². The van der Waals surface area contributed by atoms with E-state index in [0.29, 0.717) is 12.0 Å². The van der Waals surface area contributed by atoms with E-state index in [2.05, 4.69) is 0 Å². The van der Waals surface area contributed by atoms with Crippen molar-refractivity contribution in [2.24, 2.45) is 0 Å². The third-order valence-corrected chi connectivity index (χ3v) is 1.98. The summed E-state index contributed by atoms with van der Waals surface area (Å²) < 4.78 is 25.7. The lowest BCUT2D eigenvalue weighted by atomic mass is 10.1. The SMILES string of the molecule is CCC(=Cc1ccc(F)cc1F)CO. The molecule has 0 amide bonds. The summed E-state index contributed by atoms with van der Waals surface area (Å²) in [6.07, 6.45) is 2.18. The highest BCUT2D eigenvalue weighted by molar-refractivity contribution is 5.53. The van der Waals surface area contributed by atoms with Gasteiger partial charge in [-0.2, -0.15) is 0 Å². The van der Waals surface area contributed by atoms with Crippen LogP contribution in [0.25, 0.3) is 6.08 Å². The van der Waals surface area contributed by atoms with Gasteiger partial charge in [-0.3, -0.25) is 0 Å². The maximum atomic E-state index is 13.1. The Hall–Kier alpha value is -1.22. The molecule has 0 bridgehead atoms. The standard InChI is InChI=1S/C11H12F2O/c1-2-8(7-14)5-9-3-4-10(12)6-11(9)13/h3-6,14H,2,7H2,1H3. The molecule has 76 valence electrons. The minimum atomic E-state index is -0.607. The van der Waals surface area contributed by atoms with Gasteiger partial charge in [-0.05, 0) is 24.1 Å². The summed E-state index contributed by atoms with van der Waals surface area (Å²) >= 11 is 0. The van der Waals surface area contributed by atoms with Crippen LogP contribution in [0.2, 0.25) is 0 Å². The zero-order chi connectivity index (χ0) is 10.6. The van der Waals surface area contributed by atoms with Crippen molar-refractivity contribution < 1.29 is 13.9 Å². The van der Waals surface area contributed by atoms with Crippen molar-refractivity contribution >= 4 is 6.08 Å². The predicted molar refractivity (Wildman–Crippen MR) is 51.7 cm³/mol. The van der Waals surface area contributed by atoms with Crippen molar-refractivity contribution in [2.45, 2.75) is 13.3 Å². The molecule has 14 heavy (non-hydrogen) atoms. The molecule has 3 heteroatoms. The Bertz CT molecular complexity index is 339. The molecule has 1 aromatic rings. The van der Waals surface area contributed by atoms with Crippen LogP contribution in [-0.2, 0) is 0 Å². The van der Waals surface area contributed by atoms with Crippen molar-refractivity contribution in [3.63, 3.8) is 0 Å². The molecule has 0 radical (unpaired) electrons. The van der Waals surface area contributed by atoms with E-state index < -0.39 is 11.6 Å². The summed E-state index contributed by atoms with van der Waals surface area (Å²) in [4.78, 5) is 0. The maximum Gasteiger partial charge on any atom is 0.133 e. The minimum absolute atomic E-state index is 0.104. The number of rotatable bonds is 3. The van der Waals surface area contributed by atoms with Crippen molar-refractivity contribution in [3.8, 4) is 0 Å². The number of aliphatic hydroxyl groups excluding tert-OH is 1. The van der Waals surface area contributed by atoms with Gasteiger partial charge in [0.25, 0.3) is 0 Å². The van der Waals surface area contributed by atoms with Gasteiger partial charge in [0.2, 0.25) is 0 Å². The number of benzene rings is 1. The molecular formula is C11H12F2O. The zero-order valence-corrected chi connectivity index (χ0v) is 7.93. The van der Waals surface area contributed by atoms with Crippen LogP contribution in [0.3, 0.4) is 0 Å². The summed E-state index contributed by atoms with van der Waals surface area (Å²) in [5.74, 6) is -1.20. The Morgan fingerprint density at radius 3 is 2.64 bits per heavy atom. The van der Waals surface area contributed by atoms with Crippen LogP contribution in [0.5, 0.6) is 0 Å². The van der Waals surface area contributed by atoms with E-state index in [-0.39, 0.29) is 6.61 Å². The molecule has 1 rings (SSSR count). The molecule has 0 unspecified atom stereocenters. The predicted octanol–water partition coefficient (Wildman–Crippen LogP) is 2.75. The second kappa shape index (κ2) is 4.86. The summed E-state index contributed by atoms with van der Waals surface area (Å²) in [5, 5.41) is 8.87. The summed E-state index contributed by atoms with van der Waals surface area (Å²) in [7, 11) is 0. The fraction of sp³-hybridized carbons (Fsp3) is 0.273. The monoisotopic (exact) mass is 198 g/mol. The Kier molecular flexibility index (Phi) is 3.77. The third-order valence-electron chi connectivity index (χ3n) is 1.98. The van der Waals surface area contributed by atoms with Crippen LogP contribution in [-0.4, -0.2) is 11.7 Å². The first-order valence-corrected chi connectivity index (χ1v) is 4.42. The third kappa shape index (κ3) is 2.64.